The minimum Gasteiger partial charge on any atom is -0.397 e. The third-order valence-corrected chi connectivity index (χ3v) is 2.18. The van der Waals surface area contributed by atoms with E-state index < -0.39 is 0 Å². The van der Waals surface area contributed by atoms with Crippen molar-refractivity contribution < 1.29 is 0 Å². The van der Waals surface area contributed by atoms with Crippen LogP contribution < -0.4 is 5.73 Å². The van der Waals surface area contributed by atoms with E-state index in [1.54, 1.807) is 18.7 Å². The predicted octanol–water partition coefficient (Wildman–Crippen LogP) is 1.61. The standard InChI is InChI=1S/C8H7BrN4/c9-7-3-6(10)4-12-8(7)13-2-1-11-5-13/h1-5H,10H2. The number of hydrogen-bond donors (Lipinski definition) is 1. The van der Waals surface area contributed by atoms with Crippen molar-refractivity contribution in [3.8, 4) is 5.82 Å². The molecule has 0 aliphatic carbocycles. The van der Waals surface area contributed by atoms with Gasteiger partial charge in [-0.15, -0.1) is 0 Å². The van der Waals surface area contributed by atoms with Gasteiger partial charge in [0, 0.05) is 12.4 Å². The molecule has 0 saturated heterocycles. The minimum absolute atomic E-state index is 0.635. The van der Waals surface area contributed by atoms with Gasteiger partial charge in [-0.3, -0.25) is 4.57 Å². The number of anilines is 1. The van der Waals surface area contributed by atoms with Crippen molar-refractivity contribution in [2.24, 2.45) is 0 Å². The maximum atomic E-state index is 5.56. The van der Waals surface area contributed by atoms with Crippen LogP contribution in [-0.4, -0.2) is 14.5 Å². The van der Waals surface area contributed by atoms with E-state index in [1.165, 1.54) is 0 Å². The molecule has 2 heterocycles. The largest absolute Gasteiger partial charge is 0.397 e. The van der Waals surface area contributed by atoms with E-state index in [2.05, 4.69) is 25.9 Å². The monoisotopic (exact) mass is 238 g/mol. The molecule has 0 amide bonds. The van der Waals surface area contributed by atoms with Crippen LogP contribution >= 0.6 is 15.9 Å². The fourth-order valence-electron chi connectivity index (χ4n) is 1.02. The van der Waals surface area contributed by atoms with E-state index in [0.717, 1.165) is 10.3 Å². The molecule has 13 heavy (non-hydrogen) atoms. The molecule has 66 valence electrons. The molecule has 0 aromatic carbocycles. The fourth-order valence-corrected chi connectivity index (χ4v) is 1.59. The van der Waals surface area contributed by atoms with Gasteiger partial charge in [0.05, 0.1) is 16.4 Å². The van der Waals surface area contributed by atoms with E-state index in [4.69, 9.17) is 5.73 Å². The van der Waals surface area contributed by atoms with Crippen molar-refractivity contribution in [1.82, 2.24) is 14.5 Å². The summed E-state index contributed by atoms with van der Waals surface area (Å²) >= 11 is 3.38. The summed E-state index contributed by atoms with van der Waals surface area (Å²) in [7, 11) is 0. The van der Waals surface area contributed by atoms with Crippen LogP contribution in [0.4, 0.5) is 5.69 Å². The summed E-state index contributed by atoms with van der Waals surface area (Å²) in [6, 6.07) is 1.81. The highest BCUT2D eigenvalue weighted by Crippen LogP contribution is 2.20. The van der Waals surface area contributed by atoms with Crippen molar-refractivity contribution >= 4 is 21.6 Å². The van der Waals surface area contributed by atoms with Crippen LogP contribution in [0, 0.1) is 0 Å². The summed E-state index contributed by atoms with van der Waals surface area (Å²) in [6.07, 6.45) is 6.82. The molecule has 2 rings (SSSR count). The SMILES string of the molecule is Nc1cnc(-n2ccnc2)c(Br)c1. The molecule has 5 heteroatoms. The molecule has 2 N–H and O–H groups in total. The van der Waals surface area contributed by atoms with E-state index in [-0.39, 0.29) is 0 Å². The zero-order valence-electron chi connectivity index (χ0n) is 6.68. The maximum absolute atomic E-state index is 5.56. The van der Waals surface area contributed by atoms with Crippen molar-refractivity contribution in [1.29, 1.82) is 0 Å². The number of nitrogens with zero attached hydrogens (tertiary/aromatic N) is 3. The van der Waals surface area contributed by atoms with Crippen LogP contribution in [0.1, 0.15) is 0 Å². The number of nitrogen functional groups attached to an aromatic ring is 1. The number of pyridine rings is 1. The smallest absolute Gasteiger partial charge is 0.152 e. The molecule has 0 bridgehead atoms. The Hall–Kier alpha value is -1.36. The average Bonchev–Trinajstić information content (AvgIpc) is 2.56. The minimum atomic E-state index is 0.635. The zero-order valence-corrected chi connectivity index (χ0v) is 8.27. The van der Waals surface area contributed by atoms with Gasteiger partial charge in [0.1, 0.15) is 6.33 Å². The summed E-state index contributed by atoms with van der Waals surface area (Å²) < 4.78 is 2.66. The molecule has 0 radical (unpaired) electrons. The van der Waals surface area contributed by atoms with Gasteiger partial charge in [0.25, 0.3) is 0 Å². The van der Waals surface area contributed by atoms with Crippen molar-refractivity contribution in [2.75, 3.05) is 5.73 Å². The lowest BCUT2D eigenvalue weighted by Gasteiger charge is -2.03. The van der Waals surface area contributed by atoms with Crippen molar-refractivity contribution in [3.63, 3.8) is 0 Å². The molecule has 0 aliphatic heterocycles. The summed E-state index contributed by atoms with van der Waals surface area (Å²) in [6.45, 7) is 0. The first kappa shape index (κ1) is 8.25. The van der Waals surface area contributed by atoms with Gasteiger partial charge in [0.2, 0.25) is 0 Å². The van der Waals surface area contributed by atoms with Gasteiger partial charge in [-0.2, -0.15) is 0 Å². The summed E-state index contributed by atoms with van der Waals surface area (Å²) in [5, 5.41) is 0. The highest BCUT2D eigenvalue weighted by atomic mass is 79.9. The molecule has 0 fully saturated rings. The second-order valence-corrected chi connectivity index (χ2v) is 3.40. The zero-order chi connectivity index (χ0) is 9.26. The number of nitrogens with two attached hydrogens (primary N) is 1. The first-order chi connectivity index (χ1) is 6.27. The molecule has 0 unspecified atom stereocenters. The van der Waals surface area contributed by atoms with Crippen molar-refractivity contribution in [3.05, 3.63) is 35.5 Å². The van der Waals surface area contributed by atoms with Crippen molar-refractivity contribution in [2.45, 2.75) is 0 Å². The van der Waals surface area contributed by atoms with Gasteiger partial charge in [-0.05, 0) is 22.0 Å². The van der Waals surface area contributed by atoms with Crippen LogP contribution in [0.15, 0.2) is 35.5 Å². The maximum Gasteiger partial charge on any atom is 0.152 e. The summed E-state index contributed by atoms with van der Waals surface area (Å²) in [5.41, 5.74) is 6.20. The molecule has 4 nitrogen and oxygen atoms in total. The molecule has 0 spiro atoms. The Morgan fingerprint density at radius 2 is 2.31 bits per heavy atom. The van der Waals surface area contributed by atoms with E-state index in [9.17, 15) is 0 Å². The Morgan fingerprint density at radius 1 is 1.46 bits per heavy atom. The van der Waals surface area contributed by atoms with E-state index >= 15 is 0 Å². The molecule has 2 aromatic heterocycles. The number of halogens is 1. The highest BCUT2D eigenvalue weighted by Gasteiger charge is 2.02. The molecular formula is C8H7BrN4. The van der Waals surface area contributed by atoms with Crippen LogP contribution in [0.25, 0.3) is 5.82 Å². The Labute approximate surface area is 83.6 Å². The molecule has 0 aliphatic rings. The normalized spacial score (nSPS) is 10.2. The molecule has 2 aromatic rings. The van der Waals surface area contributed by atoms with Crippen LogP contribution in [-0.2, 0) is 0 Å². The lowest BCUT2D eigenvalue weighted by molar-refractivity contribution is 0.985. The van der Waals surface area contributed by atoms with Gasteiger partial charge < -0.3 is 5.73 Å². The third kappa shape index (κ3) is 1.55. The number of aromatic nitrogens is 3. The van der Waals surface area contributed by atoms with Gasteiger partial charge in [0.15, 0.2) is 5.82 Å². The number of rotatable bonds is 1. The Bertz CT molecular complexity index is 410. The van der Waals surface area contributed by atoms with Gasteiger partial charge >= 0.3 is 0 Å². The average molecular weight is 239 g/mol. The highest BCUT2D eigenvalue weighted by molar-refractivity contribution is 9.10. The number of hydrogen-bond acceptors (Lipinski definition) is 3. The fraction of sp³-hybridized carbons (Fsp3) is 0. The second-order valence-electron chi connectivity index (χ2n) is 2.54. The topological polar surface area (TPSA) is 56.7 Å². The molecular weight excluding hydrogens is 232 g/mol. The van der Waals surface area contributed by atoms with Gasteiger partial charge in [-0.25, -0.2) is 9.97 Å². The Morgan fingerprint density at radius 3 is 2.92 bits per heavy atom. The predicted molar refractivity (Wildman–Crippen MR) is 53.5 cm³/mol. The molecule has 0 saturated carbocycles. The quantitative estimate of drug-likeness (QED) is 0.822. The Balaban J connectivity index is 2.53. The van der Waals surface area contributed by atoms with E-state index in [1.807, 2.05) is 16.8 Å². The Kier molecular flexibility index (Phi) is 2.02. The first-order valence-electron chi connectivity index (χ1n) is 3.67. The summed E-state index contributed by atoms with van der Waals surface area (Å²) in [5.74, 6) is 0.784. The van der Waals surface area contributed by atoms with Crippen LogP contribution in [0.2, 0.25) is 0 Å². The first-order valence-corrected chi connectivity index (χ1v) is 4.46. The number of imidazole rings is 1. The van der Waals surface area contributed by atoms with Crippen LogP contribution in [0.5, 0.6) is 0 Å². The lowest BCUT2D eigenvalue weighted by Crippen LogP contribution is -1.97. The lowest BCUT2D eigenvalue weighted by atomic mass is 10.4. The summed E-state index contributed by atoms with van der Waals surface area (Å²) in [4.78, 5) is 8.10. The van der Waals surface area contributed by atoms with E-state index in [0.29, 0.717) is 5.69 Å². The third-order valence-electron chi connectivity index (χ3n) is 1.59. The van der Waals surface area contributed by atoms with Crippen LogP contribution in [0.3, 0.4) is 0 Å². The van der Waals surface area contributed by atoms with Gasteiger partial charge in [-0.1, -0.05) is 0 Å². The second kappa shape index (κ2) is 3.18. The molecule has 0 atom stereocenters.